The number of carbonyl (C=O) groups excluding carboxylic acids is 1. The highest BCUT2D eigenvalue weighted by Crippen LogP contribution is 2.29. The fourth-order valence-electron chi connectivity index (χ4n) is 3.73. The topological polar surface area (TPSA) is 42.7 Å². The summed E-state index contributed by atoms with van der Waals surface area (Å²) in [6, 6.07) is 20.5. The molecule has 3 rings (SSSR count). The molecule has 1 heterocycles. The third kappa shape index (κ3) is 6.48. The van der Waals surface area contributed by atoms with E-state index in [9.17, 15) is 4.79 Å². The third-order valence-electron chi connectivity index (χ3n) is 5.38. The minimum atomic E-state index is 0.115. The summed E-state index contributed by atoms with van der Waals surface area (Å²) in [7, 11) is 0. The average Bonchev–Trinajstić information content (AvgIpc) is 3.29. The van der Waals surface area contributed by atoms with Crippen LogP contribution in [0.5, 0.6) is 5.75 Å². The van der Waals surface area contributed by atoms with Crippen LogP contribution in [-0.2, 0) is 11.3 Å². The van der Waals surface area contributed by atoms with Crippen molar-refractivity contribution in [3.63, 3.8) is 0 Å². The summed E-state index contributed by atoms with van der Waals surface area (Å²) in [5.74, 6) is 2.06. The van der Waals surface area contributed by atoms with Crippen molar-refractivity contribution in [2.45, 2.75) is 59.1 Å². The predicted molar refractivity (Wildman–Crippen MR) is 124 cm³/mol. The first-order valence-electron chi connectivity index (χ1n) is 11.1. The van der Waals surface area contributed by atoms with Crippen LogP contribution < -0.4 is 4.74 Å². The molecule has 0 saturated heterocycles. The van der Waals surface area contributed by atoms with E-state index in [4.69, 9.17) is 9.15 Å². The normalized spacial score (nSPS) is 12.0. The van der Waals surface area contributed by atoms with Gasteiger partial charge in [-0.1, -0.05) is 48.9 Å². The minimum Gasteiger partial charge on any atom is -0.491 e. The van der Waals surface area contributed by atoms with Crippen LogP contribution in [0.1, 0.15) is 62.0 Å². The van der Waals surface area contributed by atoms with Crippen LogP contribution in [0.4, 0.5) is 0 Å². The lowest BCUT2D eigenvalue weighted by atomic mass is 9.92. The number of carbonyl (C=O) groups is 1. The molecule has 0 aliphatic rings. The number of hydrogen-bond donors (Lipinski definition) is 0. The molecule has 4 heteroatoms. The van der Waals surface area contributed by atoms with E-state index in [1.165, 1.54) is 11.1 Å². The molecule has 0 aliphatic carbocycles. The maximum Gasteiger partial charge on any atom is 0.222 e. The maximum absolute atomic E-state index is 12.7. The van der Waals surface area contributed by atoms with Gasteiger partial charge in [-0.05, 0) is 62.6 Å². The molecule has 1 unspecified atom stereocenters. The van der Waals surface area contributed by atoms with Gasteiger partial charge in [0.25, 0.3) is 0 Å². The Morgan fingerprint density at radius 3 is 2.32 bits per heavy atom. The first-order valence-corrected chi connectivity index (χ1v) is 11.1. The van der Waals surface area contributed by atoms with Gasteiger partial charge in [0, 0.05) is 25.4 Å². The second-order valence-electron chi connectivity index (χ2n) is 8.25. The Hall–Kier alpha value is -3.01. The quantitative estimate of drug-likeness (QED) is 0.385. The van der Waals surface area contributed by atoms with E-state index < -0.39 is 0 Å². The summed E-state index contributed by atoms with van der Waals surface area (Å²) in [6.45, 7) is 9.28. The number of ether oxygens (including phenoxy) is 1. The van der Waals surface area contributed by atoms with E-state index in [-0.39, 0.29) is 17.9 Å². The number of rotatable bonds is 10. The summed E-state index contributed by atoms with van der Waals surface area (Å²) < 4.78 is 11.5. The summed E-state index contributed by atoms with van der Waals surface area (Å²) >= 11 is 0. The van der Waals surface area contributed by atoms with E-state index in [0.717, 1.165) is 23.5 Å². The maximum atomic E-state index is 12.7. The van der Waals surface area contributed by atoms with Crippen molar-refractivity contribution in [3.8, 4) is 5.75 Å². The first-order chi connectivity index (χ1) is 15.0. The van der Waals surface area contributed by atoms with Gasteiger partial charge in [-0.15, -0.1) is 0 Å². The van der Waals surface area contributed by atoms with Gasteiger partial charge in [-0.25, -0.2) is 0 Å². The molecule has 0 aliphatic heterocycles. The van der Waals surface area contributed by atoms with Crippen molar-refractivity contribution in [2.24, 2.45) is 0 Å². The van der Waals surface area contributed by atoms with Crippen LogP contribution in [0.15, 0.2) is 71.3 Å². The molecule has 1 amide bonds. The highest BCUT2D eigenvalue weighted by molar-refractivity contribution is 5.75. The zero-order chi connectivity index (χ0) is 22.2. The molecule has 0 saturated carbocycles. The van der Waals surface area contributed by atoms with E-state index in [0.29, 0.717) is 19.5 Å². The van der Waals surface area contributed by atoms with Gasteiger partial charge in [-0.3, -0.25) is 4.79 Å². The molecule has 0 N–H and O–H groups in total. The molecule has 3 aromatic rings. The fourth-order valence-corrected chi connectivity index (χ4v) is 3.73. The highest BCUT2D eigenvalue weighted by Gasteiger charge is 2.20. The largest absolute Gasteiger partial charge is 0.491 e. The molecule has 0 fully saturated rings. The Morgan fingerprint density at radius 1 is 1.03 bits per heavy atom. The van der Waals surface area contributed by atoms with Crippen molar-refractivity contribution in [1.29, 1.82) is 0 Å². The molecule has 4 nitrogen and oxygen atoms in total. The van der Waals surface area contributed by atoms with Crippen molar-refractivity contribution < 1.29 is 13.9 Å². The standard InChI is InChI=1S/C27H33NO3/c1-5-27(29)28(19-22-10-14-24(15-11-22)31-20(2)3)17-16-25(26-7-6-18-30-26)23-12-8-21(4)9-13-23/h6-15,18,20,25H,5,16-17,19H2,1-4H3. The molecule has 1 aromatic heterocycles. The number of aryl methyl sites for hydroxylation is 1. The summed E-state index contributed by atoms with van der Waals surface area (Å²) in [5, 5.41) is 0. The number of nitrogens with zero attached hydrogens (tertiary/aromatic N) is 1. The zero-order valence-corrected chi connectivity index (χ0v) is 19.0. The van der Waals surface area contributed by atoms with Gasteiger partial charge < -0.3 is 14.1 Å². The number of furan rings is 1. The lowest BCUT2D eigenvalue weighted by molar-refractivity contribution is -0.131. The second-order valence-corrected chi connectivity index (χ2v) is 8.25. The average molecular weight is 420 g/mol. The van der Waals surface area contributed by atoms with E-state index >= 15 is 0 Å². The van der Waals surface area contributed by atoms with Gasteiger partial charge in [0.2, 0.25) is 5.91 Å². The molecule has 164 valence electrons. The Morgan fingerprint density at radius 2 is 1.74 bits per heavy atom. The summed E-state index contributed by atoms with van der Waals surface area (Å²) in [6.07, 6.45) is 3.15. The Bertz CT molecular complexity index is 928. The van der Waals surface area contributed by atoms with Crippen LogP contribution in [0.3, 0.4) is 0 Å². The minimum absolute atomic E-state index is 0.115. The first kappa shape index (κ1) is 22.7. The monoisotopic (exact) mass is 419 g/mol. The summed E-state index contributed by atoms with van der Waals surface area (Å²) in [4.78, 5) is 14.6. The molecule has 2 aromatic carbocycles. The van der Waals surface area contributed by atoms with E-state index in [2.05, 4.69) is 31.2 Å². The lowest BCUT2D eigenvalue weighted by Gasteiger charge is -2.25. The SMILES string of the molecule is CCC(=O)N(CCC(c1ccc(C)cc1)c1ccco1)Cc1ccc(OC(C)C)cc1. The third-order valence-corrected chi connectivity index (χ3v) is 5.38. The smallest absolute Gasteiger partial charge is 0.222 e. The zero-order valence-electron chi connectivity index (χ0n) is 19.0. The van der Waals surface area contributed by atoms with Gasteiger partial charge in [-0.2, -0.15) is 0 Å². The lowest BCUT2D eigenvalue weighted by Crippen LogP contribution is -2.31. The van der Waals surface area contributed by atoms with Gasteiger partial charge in [0.15, 0.2) is 0 Å². The molecule has 0 spiro atoms. The molecule has 0 bridgehead atoms. The Balaban J connectivity index is 1.73. The number of benzene rings is 2. The van der Waals surface area contributed by atoms with Gasteiger partial charge in [0.05, 0.1) is 12.4 Å². The molecular formula is C27H33NO3. The van der Waals surface area contributed by atoms with Crippen LogP contribution in [0.2, 0.25) is 0 Å². The second kappa shape index (κ2) is 10.9. The summed E-state index contributed by atoms with van der Waals surface area (Å²) in [5.41, 5.74) is 3.54. The molecular weight excluding hydrogens is 386 g/mol. The van der Waals surface area contributed by atoms with Gasteiger partial charge in [0.1, 0.15) is 11.5 Å². The van der Waals surface area contributed by atoms with Gasteiger partial charge >= 0.3 is 0 Å². The van der Waals surface area contributed by atoms with Crippen molar-refractivity contribution in [3.05, 3.63) is 89.4 Å². The van der Waals surface area contributed by atoms with Crippen LogP contribution >= 0.6 is 0 Å². The van der Waals surface area contributed by atoms with E-state index in [1.54, 1.807) is 6.26 Å². The Kier molecular flexibility index (Phi) is 7.94. The fraction of sp³-hybridized carbons (Fsp3) is 0.370. The number of amides is 1. The Labute approximate surface area is 185 Å². The van der Waals surface area contributed by atoms with Crippen molar-refractivity contribution in [1.82, 2.24) is 4.90 Å². The van der Waals surface area contributed by atoms with Crippen LogP contribution in [0, 0.1) is 6.92 Å². The predicted octanol–water partition coefficient (Wildman–Crippen LogP) is 6.34. The number of hydrogen-bond acceptors (Lipinski definition) is 3. The highest BCUT2D eigenvalue weighted by atomic mass is 16.5. The molecule has 31 heavy (non-hydrogen) atoms. The van der Waals surface area contributed by atoms with Crippen LogP contribution in [0.25, 0.3) is 0 Å². The van der Waals surface area contributed by atoms with Crippen LogP contribution in [-0.4, -0.2) is 23.5 Å². The van der Waals surface area contributed by atoms with E-state index in [1.807, 2.05) is 62.1 Å². The molecule has 0 radical (unpaired) electrons. The molecule has 1 atom stereocenters. The van der Waals surface area contributed by atoms with Crippen molar-refractivity contribution in [2.75, 3.05) is 6.54 Å². The van der Waals surface area contributed by atoms with Crippen molar-refractivity contribution >= 4 is 5.91 Å².